The summed E-state index contributed by atoms with van der Waals surface area (Å²) in [6.45, 7) is 1.43. The van der Waals surface area contributed by atoms with Gasteiger partial charge in [0.25, 0.3) is 5.91 Å². The second-order valence-electron chi connectivity index (χ2n) is 3.97. The minimum absolute atomic E-state index is 0.0726. The average molecular weight is 261 g/mol. The summed E-state index contributed by atoms with van der Waals surface area (Å²) >= 11 is 0. The molecular weight excluding hydrogens is 246 g/mol. The fraction of sp³-hybridized carbons (Fsp3) is 0.308. The molecule has 4 N–H and O–H groups in total. The standard InChI is InChI=1S/C13H15N3O3/c1-9(5-12(14)18)16-13(19)11-6-10(3-2-4-17)7-15-8-11/h6-9,17H,4-5H2,1H3,(H2,14,18)(H,16,19). The van der Waals surface area contributed by atoms with E-state index in [9.17, 15) is 9.59 Å². The molecule has 0 fully saturated rings. The van der Waals surface area contributed by atoms with Gasteiger partial charge >= 0.3 is 0 Å². The first kappa shape index (κ1) is 14.7. The molecule has 1 unspecified atom stereocenters. The number of carbonyl (C=O) groups excluding carboxylic acids is 2. The molecule has 1 heterocycles. The number of aliphatic hydroxyl groups is 1. The van der Waals surface area contributed by atoms with Crippen molar-refractivity contribution >= 4 is 11.8 Å². The summed E-state index contributed by atoms with van der Waals surface area (Å²) in [5.41, 5.74) is 5.91. The van der Waals surface area contributed by atoms with Gasteiger partial charge < -0.3 is 16.2 Å². The molecule has 19 heavy (non-hydrogen) atoms. The van der Waals surface area contributed by atoms with Crippen molar-refractivity contribution in [2.75, 3.05) is 6.61 Å². The lowest BCUT2D eigenvalue weighted by atomic mass is 10.1. The number of primary amides is 1. The van der Waals surface area contributed by atoms with Crippen molar-refractivity contribution in [2.45, 2.75) is 19.4 Å². The summed E-state index contributed by atoms with van der Waals surface area (Å²) in [7, 11) is 0. The number of hydrogen-bond acceptors (Lipinski definition) is 4. The van der Waals surface area contributed by atoms with Crippen LogP contribution in [0.3, 0.4) is 0 Å². The first-order chi connectivity index (χ1) is 9.02. The number of nitrogens with zero attached hydrogens (tertiary/aromatic N) is 1. The van der Waals surface area contributed by atoms with Crippen LogP contribution in [-0.4, -0.2) is 34.6 Å². The Kier molecular flexibility index (Phi) is 5.51. The summed E-state index contributed by atoms with van der Waals surface area (Å²) < 4.78 is 0. The third-order valence-corrected chi connectivity index (χ3v) is 2.20. The van der Waals surface area contributed by atoms with Gasteiger partial charge in [-0.2, -0.15) is 0 Å². The third-order valence-electron chi connectivity index (χ3n) is 2.20. The lowest BCUT2D eigenvalue weighted by Crippen LogP contribution is -2.35. The fourth-order valence-electron chi connectivity index (χ4n) is 1.43. The fourth-order valence-corrected chi connectivity index (χ4v) is 1.43. The van der Waals surface area contributed by atoms with E-state index >= 15 is 0 Å². The van der Waals surface area contributed by atoms with Crippen LogP contribution in [0.5, 0.6) is 0 Å². The minimum Gasteiger partial charge on any atom is -0.384 e. The average Bonchev–Trinajstić information content (AvgIpc) is 2.35. The Hall–Kier alpha value is -2.39. The lowest BCUT2D eigenvalue weighted by Gasteiger charge is -2.11. The van der Waals surface area contributed by atoms with Crippen LogP contribution in [0.4, 0.5) is 0 Å². The van der Waals surface area contributed by atoms with Crippen molar-refractivity contribution in [1.29, 1.82) is 0 Å². The molecule has 6 heteroatoms. The van der Waals surface area contributed by atoms with Crippen LogP contribution < -0.4 is 11.1 Å². The van der Waals surface area contributed by atoms with Crippen LogP contribution in [0.25, 0.3) is 0 Å². The predicted molar refractivity (Wildman–Crippen MR) is 68.9 cm³/mol. The van der Waals surface area contributed by atoms with Gasteiger partial charge in [-0.1, -0.05) is 11.8 Å². The van der Waals surface area contributed by atoms with Gasteiger partial charge in [0.05, 0.1) is 5.56 Å². The first-order valence-electron chi connectivity index (χ1n) is 5.67. The first-order valence-corrected chi connectivity index (χ1v) is 5.67. The normalized spacial score (nSPS) is 11.1. The number of aromatic nitrogens is 1. The van der Waals surface area contributed by atoms with Gasteiger partial charge in [-0.3, -0.25) is 14.6 Å². The highest BCUT2D eigenvalue weighted by molar-refractivity contribution is 5.94. The molecule has 0 aliphatic rings. The molecule has 0 aromatic carbocycles. The van der Waals surface area contributed by atoms with Crippen molar-refractivity contribution in [3.8, 4) is 11.8 Å². The zero-order valence-electron chi connectivity index (χ0n) is 10.5. The number of amides is 2. The summed E-state index contributed by atoms with van der Waals surface area (Å²) in [6, 6.07) is 1.21. The van der Waals surface area contributed by atoms with Gasteiger partial charge in [-0.15, -0.1) is 0 Å². The maximum atomic E-state index is 11.9. The molecule has 0 aliphatic carbocycles. The molecule has 6 nitrogen and oxygen atoms in total. The number of rotatable bonds is 4. The molecule has 0 spiro atoms. The molecular formula is C13H15N3O3. The highest BCUT2D eigenvalue weighted by atomic mass is 16.2. The van der Waals surface area contributed by atoms with Gasteiger partial charge in [0.2, 0.25) is 5.91 Å². The number of hydrogen-bond donors (Lipinski definition) is 3. The topological polar surface area (TPSA) is 105 Å². The number of pyridine rings is 1. The van der Waals surface area contributed by atoms with Crippen molar-refractivity contribution < 1.29 is 14.7 Å². The molecule has 0 bridgehead atoms. The number of nitrogens with two attached hydrogens (primary N) is 1. The van der Waals surface area contributed by atoms with Gasteiger partial charge in [-0.25, -0.2) is 0 Å². The molecule has 2 amide bonds. The Labute approximate surface area is 111 Å². The van der Waals surface area contributed by atoms with Crippen molar-refractivity contribution in [3.05, 3.63) is 29.6 Å². The highest BCUT2D eigenvalue weighted by Crippen LogP contribution is 2.02. The monoisotopic (exact) mass is 261 g/mol. The summed E-state index contributed by atoms with van der Waals surface area (Å²) in [4.78, 5) is 26.5. The second kappa shape index (κ2) is 7.13. The van der Waals surface area contributed by atoms with E-state index in [4.69, 9.17) is 10.8 Å². The molecule has 1 atom stereocenters. The van der Waals surface area contributed by atoms with Gasteiger partial charge in [0.15, 0.2) is 0 Å². The Bertz CT molecular complexity index is 531. The third kappa shape index (κ3) is 5.19. The smallest absolute Gasteiger partial charge is 0.253 e. The van der Waals surface area contributed by atoms with E-state index in [0.29, 0.717) is 11.1 Å². The molecule has 0 saturated heterocycles. The maximum Gasteiger partial charge on any atom is 0.253 e. The van der Waals surface area contributed by atoms with E-state index in [1.807, 2.05) is 0 Å². The van der Waals surface area contributed by atoms with E-state index in [2.05, 4.69) is 22.1 Å². The van der Waals surface area contributed by atoms with Crippen LogP contribution >= 0.6 is 0 Å². The molecule has 1 rings (SSSR count). The summed E-state index contributed by atoms with van der Waals surface area (Å²) in [6.07, 6.45) is 2.96. The van der Waals surface area contributed by atoms with Crippen molar-refractivity contribution in [2.24, 2.45) is 5.73 Å². The van der Waals surface area contributed by atoms with Crippen LogP contribution in [0.2, 0.25) is 0 Å². The number of aliphatic hydroxyl groups excluding tert-OH is 1. The van der Waals surface area contributed by atoms with E-state index in [-0.39, 0.29) is 25.0 Å². The zero-order valence-corrected chi connectivity index (χ0v) is 10.5. The minimum atomic E-state index is -0.478. The molecule has 0 radical (unpaired) electrons. The van der Waals surface area contributed by atoms with Crippen molar-refractivity contribution in [3.63, 3.8) is 0 Å². The maximum absolute atomic E-state index is 11.9. The molecule has 0 saturated carbocycles. The Morgan fingerprint density at radius 1 is 1.53 bits per heavy atom. The highest BCUT2D eigenvalue weighted by Gasteiger charge is 2.12. The largest absolute Gasteiger partial charge is 0.384 e. The lowest BCUT2D eigenvalue weighted by molar-refractivity contribution is -0.118. The van der Waals surface area contributed by atoms with E-state index < -0.39 is 5.91 Å². The number of carbonyl (C=O) groups is 2. The van der Waals surface area contributed by atoms with E-state index in [1.54, 1.807) is 13.0 Å². The van der Waals surface area contributed by atoms with Gasteiger partial charge in [-0.05, 0) is 13.0 Å². The Morgan fingerprint density at radius 3 is 2.89 bits per heavy atom. The molecule has 100 valence electrons. The van der Waals surface area contributed by atoms with Crippen molar-refractivity contribution in [1.82, 2.24) is 10.3 Å². The second-order valence-corrected chi connectivity index (χ2v) is 3.97. The quantitative estimate of drug-likeness (QED) is 0.630. The van der Waals surface area contributed by atoms with Crippen LogP contribution in [-0.2, 0) is 4.79 Å². The van der Waals surface area contributed by atoms with Crippen LogP contribution in [0.15, 0.2) is 18.5 Å². The van der Waals surface area contributed by atoms with Gasteiger partial charge in [0, 0.05) is 30.4 Å². The SMILES string of the molecule is CC(CC(N)=O)NC(=O)c1cncc(C#CCO)c1. The molecule has 0 aliphatic heterocycles. The number of nitrogens with one attached hydrogen (secondary N) is 1. The summed E-state index contributed by atoms with van der Waals surface area (Å²) in [5.74, 6) is 4.30. The predicted octanol–water partition coefficient (Wildman–Crippen LogP) is -0.581. The zero-order chi connectivity index (χ0) is 14.3. The molecule has 1 aromatic rings. The Balaban J connectivity index is 2.74. The Morgan fingerprint density at radius 2 is 2.26 bits per heavy atom. The van der Waals surface area contributed by atoms with E-state index in [1.165, 1.54) is 12.4 Å². The van der Waals surface area contributed by atoms with E-state index in [0.717, 1.165) is 0 Å². The van der Waals surface area contributed by atoms with Gasteiger partial charge in [0.1, 0.15) is 6.61 Å². The van der Waals surface area contributed by atoms with Crippen LogP contribution in [0, 0.1) is 11.8 Å². The molecule has 1 aromatic heterocycles. The summed E-state index contributed by atoms with van der Waals surface area (Å²) in [5, 5.41) is 11.2. The van der Waals surface area contributed by atoms with Crippen LogP contribution in [0.1, 0.15) is 29.3 Å².